The van der Waals surface area contributed by atoms with Gasteiger partial charge in [0, 0.05) is 20.0 Å². The highest BCUT2D eigenvalue weighted by Crippen LogP contribution is 2.35. The summed E-state index contributed by atoms with van der Waals surface area (Å²) in [7, 11) is 1.90. The van der Waals surface area contributed by atoms with Crippen LogP contribution in [0.1, 0.15) is 38.5 Å². The van der Waals surface area contributed by atoms with E-state index in [0.29, 0.717) is 24.1 Å². The second-order valence-corrected chi connectivity index (χ2v) is 8.35. The first-order valence-corrected chi connectivity index (χ1v) is 10.3. The van der Waals surface area contributed by atoms with Crippen LogP contribution in [0.5, 0.6) is 0 Å². The lowest BCUT2D eigenvalue weighted by atomic mass is 9.98. The van der Waals surface area contributed by atoms with E-state index in [4.69, 9.17) is 0 Å². The van der Waals surface area contributed by atoms with Gasteiger partial charge in [0.2, 0.25) is 10.7 Å². The second-order valence-electron chi connectivity index (χ2n) is 7.34. The predicted octanol–water partition coefficient (Wildman–Crippen LogP) is 1.82. The Labute approximate surface area is 166 Å². The van der Waals surface area contributed by atoms with Crippen LogP contribution in [-0.2, 0) is 16.6 Å². The Hall–Kier alpha value is -2.68. The van der Waals surface area contributed by atoms with Crippen LogP contribution >= 0.6 is 11.3 Å². The van der Waals surface area contributed by atoms with Gasteiger partial charge in [0.25, 0.3) is 5.91 Å². The molecule has 0 unspecified atom stereocenters. The number of carbonyl (C=O) groups excluding carboxylic acids is 3. The molecule has 1 saturated heterocycles. The maximum Gasteiger partial charge on any atom is 0.325 e. The predicted molar refractivity (Wildman–Crippen MR) is 105 cm³/mol. The van der Waals surface area contributed by atoms with Crippen LogP contribution < -0.4 is 15.5 Å². The molecule has 2 aromatic rings. The lowest BCUT2D eigenvalue weighted by Gasteiger charge is -2.19. The maximum absolute atomic E-state index is 12.6. The molecule has 1 saturated carbocycles. The van der Waals surface area contributed by atoms with Crippen LogP contribution in [0.15, 0.2) is 29.4 Å². The molecule has 8 nitrogen and oxygen atoms in total. The zero-order valence-electron chi connectivity index (χ0n) is 15.7. The minimum absolute atomic E-state index is 0.141. The van der Waals surface area contributed by atoms with Crippen molar-refractivity contribution in [2.45, 2.75) is 44.1 Å². The van der Waals surface area contributed by atoms with Gasteiger partial charge in [-0.3, -0.25) is 14.5 Å². The van der Waals surface area contributed by atoms with Gasteiger partial charge in [-0.2, -0.15) is 0 Å². The van der Waals surface area contributed by atoms with Crippen molar-refractivity contribution in [3.63, 3.8) is 0 Å². The number of imide groups is 1. The van der Waals surface area contributed by atoms with Crippen molar-refractivity contribution in [3.8, 4) is 0 Å². The summed E-state index contributed by atoms with van der Waals surface area (Å²) < 4.78 is 3.02. The lowest BCUT2D eigenvalue weighted by molar-refractivity contribution is -0.131. The Kier molecular flexibility index (Phi) is 4.92. The number of nitrogens with one attached hydrogen (secondary N) is 2. The largest absolute Gasteiger partial charge is 0.325 e. The number of thiazole rings is 1. The molecule has 0 atom stereocenters. The van der Waals surface area contributed by atoms with E-state index in [2.05, 4.69) is 15.8 Å². The van der Waals surface area contributed by atoms with E-state index >= 15 is 0 Å². The first-order valence-electron chi connectivity index (χ1n) is 9.51. The van der Waals surface area contributed by atoms with E-state index < -0.39 is 5.54 Å². The molecule has 2 aliphatic rings. The molecule has 2 fully saturated rings. The number of amides is 4. The summed E-state index contributed by atoms with van der Waals surface area (Å²) in [5, 5.41) is 7.05. The summed E-state index contributed by atoms with van der Waals surface area (Å²) in [6, 6.07) is 7.60. The molecule has 1 aliphatic carbocycles. The normalized spacial score (nSPS) is 19.0. The fourth-order valence-corrected chi connectivity index (χ4v) is 4.93. The highest BCUT2D eigenvalue weighted by atomic mass is 32.1. The third-order valence-electron chi connectivity index (χ3n) is 5.48. The Morgan fingerprint density at radius 1 is 1.29 bits per heavy atom. The summed E-state index contributed by atoms with van der Waals surface area (Å²) in [5.41, 5.74) is 2.93. The zero-order valence-corrected chi connectivity index (χ0v) is 16.6. The molecule has 4 rings (SSSR count). The summed E-state index contributed by atoms with van der Waals surface area (Å²) in [6.07, 6.45) is 3.94. The average Bonchev–Trinajstić information content (AvgIpc) is 3.34. The molecule has 0 bridgehead atoms. The van der Waals surface area contributed by atoms with Gasteiger partial charge < -0.3 is 9.88 Å². The number of nitrogens with zero attached hydrogens (tertiary/aromatic N) is 3. The van der Waals surface area contributed by atoms with Gasteiger partial charge in [0.1, 0.15) is 5.54 Å². The standard InChI is InChI=1S/C19H23N5O3S/c1-23-13-7-2-3-8-14(13)28-18(23)22-21-15(25)9-6-12-24-16(26)19(20-17(24)27)10-4-5-11-19/h2-3,7-8H,4-6,9-12H2,1H3,(H,20,27)(H,21,25)/b22-18-. The highest BCUT2D eigenvalue weighted by molar-refractivity contribution is 7.16. The smallest absolute Gasteiger partial charge is 0.323 e. The van der Waals surface area contributed by atoms with Crippen molar-refractivity contribution in [3.05, 3.63) is 29.1 Å². The van der Waals surface area contributed by atoms with Gasteiger partial charge in [0.15, 0.2) is 0 Å². The third kappa shape index (κ3) is 3.30. The molecule has 1 spiro atoms. The van der Waals surface area contributed by atoms with Crippen molar-refractivity contribution in [2.75, 3.05) is 6.54 Å². The third-order valence-corrected chi connectivity index (χ3v) is 6.59. The monoisotopic (exact) mass is 401 g/mol. The zero-order chi connectivity index (χ0) is 19.7. The first-order chi connectivity index (χ1) is 13.5. The minimum Gasteiger partial charge on any atom is -0.323 e. The Morgan fingerprint density at radius 2 is 2.04 bits per heavy atom. The molecular weight excluding hydrogens is 378 g/mol. The van der Waals surface area contributed by atoms with Crippen molar-refractivity contribution < 1.29 is 14.4 Å². The second kappa shape index (κ2) is 7.38. The van der Waals surface area contributed by atoms with Crippen molar-refractivity contribution in [2.24, 2.45) is 12.1 Å². The average molecular weight is 401 g/mol. The van der Waals surface area contributed by atoms with Crippen LogP contribution in [0, 0.1) is 0 Å². The van der Waals surface area contributed by atoms with Crippen molar-refractivity contribution in [1.29, 1.82) is 0 Å². The van der Waals surface area contributed by atoms with Gasteiger partial charge in [-0.15, -0.1) is 5.10 Å². The number of carbonyl (C=O) groups is 3. The van der Waals surface area contributed by atoms with Gasteiger partial charge in [0.05, 0.1) is 10.2 Å². The molecule has 1 aliphatic heterocycles. The fraction of sp³-hybridized carbons (Fsp3) is 0.474. The van der Waals surface area contributed by atoms with Crippen molar-refractivity contribution >= 4 is 39.4 Å². The summed E-state index contributed by atoms with van der Waals surface area (Å²) in [4.78, 5) is 38.8. The van der Waals surface area contributed by atoms with Crippen LogP contribution in [0.25, 0.3) is 10.2 Å². The highest BCUT2D eigenvalue weighted by Gasteiger charge is 2.51. The molecule has 2 N–H and O–H groups in total. The van der Waals surface area contributed by atoms with E-state index in [-0.39, 0.29) is 30.8 Å². The molecule has 1 aromatic carbocycles. The number of hydrogen-bond acceptors (Lipinski definition) is 5. The van der Waals surface area contributed by atoms with E-state index in [1.807, 2.05) is 35.9 Å². The van der Waals surface area contributed by atoms with Crippen LogP contribution in [0.2, 0.25) is 0 Å². The first kappa shape index (κ1) is 18.7. The number of urea groups is 1. The Morgan fingerprint density at radius 3 is 2.79 bits per heavy atom. The Bertz CT molecular complexity index is 1000. The summed E-state index contributed by atoms with van der Waals surface area (Å²) in [5.74, 6) is -0.377. The van der Waals surface area contributed by atoms with Gasteiger partial charge in [-0.25, -0.2) is 10.2 Å². The number of fused-ring (bicyclic) bond motifs is 1. The minimum atomic E-state index is -0.690. The topological polar surface area (TPSA) is 95.8 Å². The number of rotatable bonds is 5. The summed E-state index contributed by atoms with van der Waals surface area (Å²) >= 11 is 1.50. The van der Waals surface area contributed by atoms with Crippen LogP contribution in [0.3, 0.4) is 0 Å². The van der Waals surface area contributed by atoms with E-state index in [0.717, 1.165) is 23.1 Å². The molecule has 2 heterocycles. The van der Waals surface area contributed by atoms with Crippen molar-refractivity contribution in [1.82, 2.24) is 20.2 Å². The van der Waals surface area contributed by atoms with Gasteiger partial charge in [-0.05, 0) is 31.4 Å². The van der Waals surface area contributed by atoms with Gasteiger partial charge >= 0.3 is 6.03 Å². The fourth-order valence-electron chi connectivity index (χ4n) is 3.95. The molecule has 1 aromatic heterocycles. The summed E-state index contributed by atoms with van der Waals surface area (Å²) in [6.45, 7) is 0.247. The number of hydrogen-bond donors (Lipinski definition) is 2. The lowest BCUT2D eigenvalue weighted by Crippen LogP contribution is -2.44. The van der Waals surface area contributed by atoms with Crippen LogP contribution in [0.4, 0.5) is 4.79 Å². The number of para-hydroxylation sites is 1. The molecule has 148 valence electrons. The van der Waals surface area contributed by atoms with Crippen LogP contribution in [-0.4, -0.2) is 39.4 Å². The molecule has 9 heteroatoms. The van der Waals surface area contributed by atoms with Gasteiger partial charge in [-0.1, -0.05) is 36.3 Å². The van der Waals surface area contributed by atoms with E-state index in [1.165, 1.54) is 16.2 Å². The van der Waals surface area contributed by atoms with E-state index in [1.54, 1.807) is 0 Å². The number of benzene rings is 1. The maximum atomic E-state index is 12.6. The molecule has 0 radical (unpaired) electrons. The molecular formula is C19H23N5O3S. The quantitative estimate of drug-likeness (QED) is 0.591. The molecule has 28 heavy (non-hydrogen) atoms. The molecule has 4 amide bonds. The van der Waals surface area contributed by atoms with E-state index in [9.17, 15) is 14.4 Å². The Balaban J connectivity index is 1.32. The SMILES string of the molecule is Cn1/c(=N/NC(=O)CCCN2C(=O)NC3(CCCC3)C2=O)sc2ccccc21. The number of aromatic nitrogens is 1. The number of aryl methyl sites for hydroxylation is 1.